The molecule has 9 heteroatoms. The zero-order valence-corrected chi connectivity index (χ0v) is 18.5. The van der Waals surface area contributed by atoms with Gasteiger partial charge in [-0.2, -0.15) is 0 Å². The summed E-state index contributed by atoms with van der Waals surface area (Å²) in [7, 11) is 3.08. The molecule has 1 aliphatic rings. The largest absolute Gasteiger partial charge is 0.504 e. The highest BCUT2D eigenvalue weighted by atomic mass is 16.3. The maximum atomic E-state index is 12.5. The number of nitrogens with one attached hydrogen (secondary N) is 2. The zero-order valence-electron chi connectivity index (χ0n) is 18.5. The summed E-state index contributed by atoms with van der Waals surface area (Å²) in [5.74, 6) is -0.120. The van der Waals surface area contributed by atoms with Crippen LogP contribution in [0.1, 0.15) is 54.5 Å². The number of carbonyl (C=O) groups excluding carboxylic acids is 1. The normalized spacial score (nSPS) is 17.4. The minimum absolute atomic E-state index is 0.0351. The fraction of sp³-hybridized carbons (Fsp3) is 0.391. The molecule has 1 atom stereocenters. The average molecular weight is 438 g/mol. The zero-order chi connectivity index (χ0) is 23.2. The summed E-state index contributed by atoms with van der Waals surface area (Å²) >= 11 is 0. The Balaban J connectivity index is 1.68. The number of nitrogens with zero attached hydrogens (tertiary/aromatic N) is 2. The number of hydrogen-bond donors (Lipinski definition) is 3. The Labute approximate surface area is 184 Å². The first-order valence-electron chi connectivity index (χ1n) is 10.4. The predicted molar refractivity (Wildman–Crippen MR) is 120 cm³/mol. The first-order chi connectivity index (χ1) is 15.1. The maximum absolute atomic E-state index is 12.5. The number of amides is 1. The van der Waals surface area contributed by atoms with E-state index in [1.165, 1.54) is 17.2 Å². The number of hydrogen-bond acceptors (Lipinski definition) is 8. The summed E-state index contributed by atoms with van der Waals surface area (Å²) in [6, 6.07) is 3.06. The van der Waals surface area contributed by atoms with Crippen LogP contribution in [0.5, 0.6) is 5.75 Å². The lowest BCUT2D eigenvalue weighted by Crippen LogP contribution is -2.39. The standard InChI is InChI=1S/C23H26N4O5/c1-23(2)9-5-6-12-8-11-32-20(12)21(23)26-15-14(18(29)19(15)30)25-13-7-10-24-16(17(13)28)22(31)27(3)4/h7-8,10-11,21,26,28H,5-6,9H2,1-4H3,(H,24,25). The second kappa shape index (κ2) is 7.81. The van der Waals surface area contributed by atoms with Crippen molar-refractivity contribution in [1.29, 1.82) is 0 Å². The molecule has 2 heterocycles. The molecule has 168 valence electrons. The van der Waals surface area contributed by atoms with Crippen molar-refractivity contribution in [2.45, 2.75) is 39.2 Å². The van der Waals surface area contributed by atoms with Gasteiger partial charge in [-0.3, -0.25) is 14.4 Å². The minimum Gasteiger partial charge on any atom is -0.504 e. The molecule has 1 aliphatic carbocycles. The molecule has 1 unspecified atom stereocenters. The summed E-state index contributed by atoms with van der Waals surface area (Å²) in [6.45, 7) is 4.18. The highest BCUT2D eigenvalue weighted by Crippen LogP contribution is 2.45. The Hall–Kier alpha value is -3.62. The Bertz CT molecular complexity index is 1250. The molecular formula is C23H26N4O5. The summed E-state index contributed by atoms with van der Waals surface area (Å²) in [4.78, 5) is 42.3. The van der Waals surface area contributed by atoms with Crippen LogP contribution >= 0.6 is 0 Å². The third-order valence-corrected chi connectivity index (χ3v) is 6.08. The van der Waals surface area contributed by atoms with E-state index in [9.17, 15) is 19.5 Å². The Morgan fingerprint density at radius 1 is 1.22 bits per heavy atom. The van der Waals surface area contributed by atoms with E-state index in [1.807, 2.05) is 6.07 Å². The summed E-state index contributed by atoms with van der Waals surface area (Å²) in [5.41, 5.74) is -0.363. The van der Waals surface area contributed by atoms with Crippen LogP contribution in [0.15, 0.2) is 38.6 Å². The van der Waals surface area contributed by atoms with Gasteiger partial charge in [-0.05, 0) is 42.4 Å². The van der Waals surface area contributed by atoms with Gasteiger partial charge in [-0.25, -0.2) is 4.98 Å². The van der Waals surface area contributed by atoms with Gasteiger partial charge in [0.1, 0.15) is 17.1 Å². The fourth-order valence-corrected chi connectivity index (χ4v) is 4.15. The van der Waals surface area contributed by atoms with Crippen molar-refractivity contribution >= 4 is 23.0 Å². The Morgan fingerprint density at radius 3 is 2.66 bits per heavy atom. The molecule has 0 fully saturated rings. The summed E-state index contributed by atoms with van der Waals surface area (Å²) < 4.78 is 5.76. The van der Waals surface area contributed by atoms with Gasteiger partial charge in [0, 0.05) is 20.3 Å². The molecule has 0 saturated carbocycles. The number of carbonyl (C=O) groups is 1. The number of furan rings is 1. The van der Waals surface area contributed by atoms with Gasteiger partial charge in [0.25, 0.3) is 16.8 Å². The molecule has 32 heavy (non-hydrogen) atoms. The fourth-order valence-electron chi connectivity index (χ4n) is 4.15. The van der Waals surface area contributed by atoms with Crippen molar-refractivity contribution in [2.24, 2.45) is 5.41 Å². The van der Waals surface area contributed by atoms with Crippen LogP contribution < -0.4 is 21.5 Å². The van der Waals surface area contributed by atoms with Crippen molar-refractivity contribution < 1.29 is 14.3 Å². The Morgan fingerprint density at radius 2 is 1.94 bits per heavy atom. The van der Waals surface area contributed by atoms with Gasteiger partial charge in [0.15, 0.2) is 11.4 Å². The topological polar surface area (TPSA) is 125 Å². The van der Waals surface area contributed by atoms with Crippen molar-refractivity contribution in [2.75, 3.05) is 24.7 Å². The molecule has 4 rings (SSSR count). The van der Waals surface area contributed by atoms with E-state index < -0.39 is 22.5 Å². The molecule has 0 radical (unpaired) electrons. The smallest absolute Gasteiger partial charge is 0.275 e. The second-order valence-electron chi connectivity index (χ2n) is 9.02. The lowest BCUT2D eigenvalue weighted by atomic mass is 9.80. The predicted octanol–water partition coefficient (Wildman–Crippen LogP) is 2.94. The van der Waals surface area contributed by atoms with Crippen LogP contribution in [-0.4, -0.2) is 35.0 Å². The highest BCUT2D eigenvalue weighted by molar-refractivity contribution is 5.97. The molecule has 0 aliphatic heterocycles. The average Bonchev–Trinajstić information content (AvgIpc) is 3.16. The van der Waals surface area contributed by atoms with Crippen molar-refractivity contribution in [1.82, 2.24) is 9.88 Å². The molecule has 0 spiro atoms. The number of anilines is 3. The van der Waals surface area contributed by atoms with Crippen molar-refractivity contribution in [3.8, 4) is 5.75 Å². The number of aromatic hydroxyl groups is 1. The van der Waals surface area contributed by atoms with Gasteiger partial charge in [-0.15, -0.1) is 0 Å². The van der Waals surface area contributed by atoms with Crippen LogP contribution in [-0.2, 0) is 6.42 Å². The number of aryl methyl sites for hydroxylation is 1. The van der Waals surface area contributed by atoms with E-state index in [0.717, 1.165) is 30.6 Å². The summed E-state index contributed by atoms with van der Waals surface area (Å²) in [6.07, 6.45) is 5.77. The SMILES string of the molecule is CN(C)C(=O)c1nccc(Nc2c(NC3c4occc4CCCC3(C)C)c(=O)c2=O)c1O. The molecule has 9 nitrogen and oxygen atoms in total. The Kier molecular flexibility index (Phi) is 5.28. The third-order valence-electron chi connectivity index (χ3n) is 6.08. The van der Waals surface area contributed by atoms with Gasteiger partial charge in [0.05, 0.1) is 18.0 Å². The van der Waals surface area contributed by atoms with Crippen LogP contribution in [0.2, 0.25) is 0 Å². The highest BCUT2D eigenvalue weighted by Gasteiger charge is 2.38. The van der Waals surface area contributed by atoms with Gasteiger partial charge in [0.2, 0.25) is 0 Å². The van der Waals surface area contributed by atoms with E-state index >= 15 is 0 Å². The van der Waals surface area contributed by atoms with Crippen LogP contribution in [0.3, 0.4) is 0 Å². The second-order valence-corrected chi connectivity index (χ2v) is 9.02. The molecule has 3 N–H and O–H groups in total. The number of aromatic nitrogens is 1. The molecular weight excluding hydrogens is 412 g/mol. The first-order valence-corrected chi connectivity index (χ1v) is 10.4. The van der Waals surface area contributed by atoms with E-state index in [1.54, 1.807) is 20.4 Å². The van der Waals surface area contributed by atoms with Crippen molar-refractivity contribution in [3.05, 3.63) is 62.1 Å². The molecule has 3 aromatic rings. The van der Waals surface area contributed by atoms with Gasteiger partial charge >= 0.3 is 0 Å². The molecule has 0 saturated heterocycles. The number of pyridine rings is 1. The van der Waals surface area contributed by atoms with Crippen LogP contribution in [0.25, 0.3) is 0 Å². The van der Waals surface area contributed by atoms with E-state index in [-0.39, 0.29) is 34.2 Å². The quantitative estimate of drug-likeness (QED) is 0.410. The molecule has 2 aromatic heterocycles. The third kappa shape index (κ3) is 3.53. The molecule has 1 amide bonds. The van der Waals surface area contributed by atoms with Crippen LogP contribution in [0.4, 0.5) is 17.1 Å². The van der Waals surface area contributed by atoms with E-state index in [4.69, 9.17) is 4.42 Å². The molecule has 1 aromatic carbocycles. The van der Waals surface area contributed by atoms with E-state index in [2.05, 4.69) is 29.5 Å². The summed E-state index contributed by atoms with van der Waals surface area (Å²) in [5, 5.41) is 16.6. The first kappa shape index (κ1) is 21.6. The van der Waals surface area contributed by atoms with Crippen LogP contribution in [0, 0.1) is 5.41 Å². The lowest BCUT2D eigenvalue weighted by molar-refractivity contribution is 0.0819. The maximum Gasteiger partial charge on any atom is 0.275 e. The van der Waals surface area contributed by atoms with Gasteiger partial charge < -0.3 is 25.1 Å². The number of fused-ring (bicyclic) bond motifs is 1. The van der Waals surface area contributed by atoms with Gasteiger partial charge in [-0.1, -0.05) is 13.8 Å². The van der Waals surface area contributed by atoms with Crippen molar-refractivity contribution in [3.63, 3.8) is 0 Å². The number of rotatable bonds is 5. The monoisotopic (exact) mass is 438 g/mol. The lowest BCUT2D eigenvalue weighted by Gasteiger charge is -2.34. The van der Waals surface area contributed by atoms with E-state index in [0.29, 0.717) is 0 Å². The minimum atomic E-state index is -0.699. The molecule has 0 bridgehead atoms.